The van der Waals surface area contributed by atoms with Crippen LogP contribution in [0.25, 0.3) is 10.8 Å². The second kappa shape index (κ2) is 11.6. The standard InChI is InChI=1S/C30H34ClN3O2/c1-21(13-16-35)32-22(2)33(3)27-8-10-30(29(31)20-27)34-14-11-23(12-15-34)17-24-5-6-25-7-9-28(36-4)19-26(25)18-24/h5-10,13,16,18-20,23H,11-12,14-15,17H2,1-4H3/b21-13-,32-22-. The minimum Gasteiger partial charge on any atom is -0.497 e. The number of nitrogens with zero attached hydrogens (tertiary/aromatic N) is 3. The maximum atomic E-state index is 10.7. The van der Waals surface area contributed by atoms with Gasteiger partial charge in [0.2, 0.25) is 0 Å². The highest BCUT2D eigenvalue weighted by atomic mass is 35.5. The number of hydrogen-bond donors (Lipinski definition) is 0. The number of allylic oxidation sites excluding steroid dienone is 2. The van der Waals surface area contributed by atoms with E-state index in [1.54, 1.807) is 7.11 Å². The monoisotopic (exact) mass is 503 g/mol. The summed E-state index contributed by atoms with van der Waals surface area (Å²) < 4.78 is 5.39. The zero-order valence-electron chi connectivity index (χ0n) is 21.5. The van der Waals surface area contributed by atoms with Crippen molar-refractivity contribution in [2.75, 3.05) is 37.0 Å². The SMILES string of the molecule is COc1ccc2ccc(CC3CCN(c4ccc(N(C)/C(C)=N\C(C)=C/C=O)cc4Cl)CC3)cc2c1. The normalized spacial score (nSPS) is 15.3. The molecule has 0 spiro atoms. The molecule has 0 bridgehead atoms. The molecule has 0 saturated carbocycles. The molecule has 0 atom stereocenters. The van der Waals surface area contributed by atoms with Crippen molar-refractivity contribution in [3.63, 3.8) is 0 Å². The Balaban J connectivity index is 1.38. The summed E-state index contributed by atoms with van der Waals surface area (Å²) in [6, 6.07) is 19.2. The fourth-order valence-electron chi connectivity index (χ4n) is 4.85. The molecule has 0 radical (unpaired) electrons. The van der Waals surface area contributed by atoms with E-state index in [2.05, 4.69) is 52.4 Å². The average molecular weight is 504 g/mol. The van der Waals surface area contributed by atoms with Crippen molar-refractivity contribution in [1.82, 2.24) is 0 Å². The number of carbonyl (C=O) groups is 1. The quantitative estimate of drug-likeness (QED) is 0.152. The molecule has 3 aromatic carbocycles. The van der Waals surface area contributed by atoms with Crippen LogP contribution in [0.1, 0.15) is 32.3 Å². The molecule has 0 aromatic heterocycles. The number of fused-ring (bicyclic) bond motifs is 1. The van der Waals surface area contributed by atoms with Gasteiger partial charge in [0.15, 0.2) is 0 Å². The Hall–Kier alpha value is -3.31. The van der Waals surface area contributed by atoms with E-state index in [1.807, 2.05) is 37.9 Å². The summed E-state index contributed by atoms with van der Waals surface area (Å²) >= 11 is 6.74. The van der Waals surface area contributed by atoms with Crippen LogP contribution >= 0.6 is 11.6 Å². The van der Waals surface area contributed by atoms with E-state index in [-0.39, 0.29) is 0 Å². The number of anilines is 2. The molecule has 4 rings (SSSR count). The molecule has 1 saturated heterocycles. The van der Waals surface area contributed by atoms with Crippen LogP contribution in [-0.4, -0.2) is 39.4 Å². The van der Waals surface area contributed by atoms with Gasteiger partial charge in [-0.05, 0) is 91.8 Å². The largest absolute Gasteiger partial charge is 0.497 e. The number of halogens is 1. The van der Waals surface area contributed by atoms with Gasteiger partial charge in [-0.2, -0.15) is 0 Å². The van der Waals surface area contributed by atoms with E-state index in [0.717, 1.165) is 66.6 Å². The third-order valence-electron chi connectivity index (χ3n) is 7.04. The first-order valence-electron chi connectivity index (χ1n) is 12.4. The van der Waals surface area contributed by atoms with Gasteiger partial charge < -0.3 is 14.5 Å². The highest BCUT2D eigenvalue weighted by molar-refractivity contribution is 6.33. The number of carbonyl (C=O) groups excluding carboxylic acids is 1. The maximum absolute atomic E-state index is 10.7. The zero-order chi connectivity index (χ0) is 25.7. The van der Waals surface area contributed by atoms with Crippen LogP contribution in [0.4, 0.5) is 11.4 Å². The fourth-order valence-corrected chi connectivity index (χ4v) is 5.15. The lowest BCUT2D eigenvalue weighted by molar-refractivity contribution is -0.104. The smallest absolute Gasteiger partial charge is 0.144 e. The van der Waals surface area contributed by atoms with Gasteiger partial charge in [0, 0.05) is 31.5 Å². The molecule has 0 amide bonds. The second-order valence-electron chi connectivity index (χ2n) is 9.48. The van der Waals surface area contributed by atoms with Crippen LogP contribution in [0.2, 0.25) is 5.02 Å². The van der Waals surface area contributed by atoms with Gasteiger partial charge in [-0.1, -0.05) is 35.9 Å². The molecule has 5 nitrogen and oxygen atoms in total. The molecule has 188 valence electrons. The van der Waals surface area contributed by atoms with Gasteiger partial charge in [-0.15, -0.1) is 0 Å². The number of rotatable bonds is 7. The van der Waals surface area contributed by atoms with E-state index in [4.69, 9.17) is 16.3 Å². The molecule has 36 heavy (non-hydrogen) atoms. The van der Waals surface area contributed by atoms with Gasteiger partial charge in [-0.25, -0.2) is 4.99 Å². The predicted octanol–water partition coefficient (Wildman–Crippen LogP) is 6.92. The number of amidine groups is 1. The van der Waals surface area contributed by atoms with E-state index in [0.29, 0.717) is 11.6 Å². The lowest BCUT2D eigenvalue weighted by Crippen LogP contribution is -2.34. The highest BCUT2D eigenvalue weighted by Gasteiger charge is 2.22. The highest BCUT2D eigenvalue weighted by Crippen LogP contribution is 2.34. The average Bonchev–Trinajstić information content (AvgIpc) is 2.88. The van der Waals surface area contributed by atoms with Gasteiger partial charge in [0.05, 0.1) is 17.8 Å². The van der Waals surface area contributed by atoms with Crippen LogP contribution in [0, 0.1) is 5.92 Å². The van der Waals surface area contributed by atoms with Crippen LogP contribution in [-0.2, 0) is 11.2 Å². The molecule has 3 aromatic rings. The summed E-state index contributed by atoms with van der Waals surface area (Å²) in [5, 5.41) is 3.22. The zero-order valence-corrected chi connectivity index (χ0v) is 22.3. The molecule has 1 aliphatic rings. The Kier molecular flexibility index (Phi) is 8.32. The molecule has 1 fully saturated rings. The number of hydrogen-bond acceptors (Lipinski definition) is 4. The topological polar surface area (TPSA) is 45.1 Å². The van der Waals surface area contributed by atoms with Gasteiger partial charge in [-0.3, -0.25) is 4.79 Å². The number of piperidine rings is 1. The van der Waals surface area contributed by atoms with E-state index >= 15 is 0 Å². The molecule has 1 aliphatic heterocycles. The Morgan fingerprint density at radius 3 is 2.53 bits per heavy atom. The summed E-state index contributed by atoms with van der Waals surface area (Å²) in [6.07, 6.45) is 5.58. The van der Waals surface area contributed by atoms with Gasteiger partial charge in [0.1, 0.15) is 17.9 Å². The van der Waals surface area contributed by atoms with E-state index in [9.17, 15) is 4.79 Å². The number of aldehydes is 1. The number of ether oxygens (including phenoxy) is 1. The first-order valence-corrected chi connectivity index (χ1v) is 12.8. The summed E-state index contributed by atoms with van der Waals surface area (Å²) in [7, 11) is 3.66. The molecule has 0 aliphatic carbocycles. The first-order chi connectivity index (χ1) is 17.4. The van der Waals surface area contributed by atoms with Crippen LogP contribution in [0.15, 0.2) is 71.4 Å². The Morgan fingerprint density at radius 2 is 1.83 bits per heavy atom. The summed E-state index contributed by atoms with van der Waals surface area (Å²) in [5.74, 6) is 2.35. The van der Waals surface area contributed by atoms with Crippen molar-refractivity contribution in [3.05, 3.63) is 77.0 Å². The van der Waals surface area contributed by atoms with Crippen molar-refractivity contribution in [2.24, 2.45) is 10.9 Å². The molecule has 0 N–H and O–H groups in total. The van der Waals surface area contributed by atoms with E-state index in [1.165, 1.54) is 22.4 Å². The molecular formula is C30H34ClN3O2. The van der Waals surface area contributed by atoms with E-state index < -0.39 is 0 Å². The first kappa shape index (κ1) is 25.8. The lowest BCUT2D eigenvalue weighted by atomic mass is 9.89. The second-order valence-corrected chi connectivity index (χ2v) is 9.89. The lowest BCUT2D eigenvalue weighted by Gasteiger charge is -2.34. The third-order valence-corrected chi connectivity index (χ3v) is 7.35. The summed E-state index contributed by atoms with van der Waals surface area (Å²) in [6.45, 7) is 5.72. The Bertz CT molecular complexity index is 1290. The Morgan fingerprint density at radius 1 is 1.08 bits per heavy atom. The third kappa shape index (κ3) is 6.08. The predicted molar refractivity (Wildman–Crippen MR) is 152 cm³/mol. The minimum atomic E-state index is 0.662. The van der Waals surface area contributed by atoms with Crippen LogP contribution < -0.4 is 14.5 Å². The van der Waals surface area contributed by atoms with Crippen molar-refractivity contribution in [2.45, 2.75) is 33.1 Å². The van der Waals surface area contributed by atoms with Gasteiger partial charge >= 0.3 is 0 Å². The maximum Gasteiger partial charge on any atom is 0.144 e. The number of aliphatic imine (C=N–C) groups is 1. The van der Waals surface area contributed by atoms with Crippen molar-refractivity contribution < 1.29 is 9.53 Å². The molecular weight excluding hydrogens is 470 g/mol. The van der Waals surface area contributed by atoms with Crippen LogP contribution in [0.3, 0.4) is 0 Å². The van der Waals surface area contributed by atoms with Crippen LogP contribution in [0.5, 0.6) is 5.75 Å². The summed E-state index contributed by atoms with van der Waals surface area (Å²) in [5.41, 5.74) is 4.10. The molecule has 0 unspecified atom stereocenters. The minimum absolute atomic E-state index is 0.662. The number of methoxy groups -OCH3 is 1. The fraction of sp³-hybridized carbons (Fsp3) is 0.333. The Labute approximate surface area is 219 Å². The molecule has 6 heteroatoms. The molecule has 1 heterocycles. The van der Waals surface area contributed by atoms with Crippen molar-refractivity contribution in [1.29, 1.82) is 0 Å². The van der Waals surface area contributed by atoms with Gasteiger partial charge in [0.25, 0.3) is 0 Å². The summed E-state index contributed by atoms with van der Waals surface area (Å²) in [4.78, 5) is 19.5. The van der Waals surface area contributed by atoms with Crippen molar-refractivity contribution >= 4 is 45.9 Å². The number of benzene rings is 3. The van der Waals surface area contributed by atoms with Crippen molar-refractivity contribution in [3.8, 4) is 5.75 Å².